The van der Waals surface area contributed by atoms with Crippen molar-refractivity contribution in [3.63, 3.8) is 0 Å². The van der Waals surface area contributed by atoms with Gasteiger partial charge in [-0.25, -0.2) is 8.42 Å². The first-order valence-electron chi connectivity index (χ1n) is 5.83. The van der Waals surface area contributed by atoms with Gasteiger partial charge in [0, 0.05) is 17.7 Å². The van der Waals surface area contributed by atoms with Gasteiger partial charge in [-0.15, -0.1) is 0 Å². The van der Waals surface area contributed by atoms with Gasteiger partial charge in [0.15, 0.2) is 0 Å². The molecule has 0 aliphatic heterocycles. The number of aliphatic hydroxyl groups excluding tert-OH is 1. The highest BCUT2D eigenvalue weighted by atomic mass is 32.2. The van der Waals surface area contributed by atoms with Crippen molar-refractivity contribution in [2.24, 2.45) is 0 Å². The lowest BCUT2D eigenvalue weighted by molar-refractivity contribution is 0.305. The second kappa shape index (κ2) is 5.42. The molecular weight excluding hydrogens is 250 g/mol. The molecule has 1 aliphatic rings. The molecule has 2 N–H and O–H groups in total. The third kappa shape index (κ3) is 3.49. The molecule has 0 radical (unpaired) electrons. The maximum Gasteiger partial charge on any atom is 0.235 e. The molecule has 1 fully saturated rings. The van der Waals surface area contributed by atoms with Crippen LogP contribution in [0.1, 0.15) is 24.8 Å². The number of anilines is 1. The monoisotopic (exact) mass is 265 g/mol. The molecule has 4 nitrogen and oxygen atoms in total. The van der Waals surface area contributed by atoms with Crippen LogP contribution in [0.15, 0.2) is 24.3 Å². The van der Waals surface area contributed by atoms with E-state index in [1.165, 1.54) is 0 Å². The minimum absolute atomic E-state index is 0.0479. The second-order valence-electron chi connectivity index (χ2n) is 4.20. The minimum atomic E-state index is -3.19. The van der Waals surface area contributed by atoms with E-state index in [4.69, 9.17) is 5.11 Å². The number of aliphatic hydroxyl groups is 1. The van der Waals surface area contributed by atoms with Crippen molar-refractivity contribution in [2.45, 2.75) is 24.5 Å². The maximum absolute atomic E-state index is 11.7. The Morgan fingerprint density at radius 1 is 1.28 bits per heavy atom. The van der Waals surface area contributed by atoms with Gasteiger partial charge in [0.25, 0.3) is 0 Å². The van der Waals surface area contributed by atoms with Crippen molar-refractivity contribution in [3.05, 3.63) is 29.8 Å². The lowest BCUT2D eigenvalue weighted by atomic mass is 10.2. The van der Waals surface area contributed by atoms with Crippen LogP contribution in [0.5, 0.6) is 0 Å². The number of hydrogen-bond acceptors (Lipinski definition) is 3. The Kier molecular flexibility index (Phi) is 3.90. The third-order valence-electron chi connectivity index (χ3n) is 2.58. The summed E-state index contributed by atoms with van der Waals surface area (Å²) in [5.74, 6) is 5.69. The number of benzene rings is 1. The summed E-state index contributed by atoms with van der Waals surface area (Å²) in [7, 11) is -3.19. The van der Waals surface area contributed by atoms with Crippen molar-refractivity contribution in [3.8, 4) is 11.8 Å². The Bertz CT molecular complexity index is 562. The molecule has 0 aromatic heterocycles. The smallest absolute Gasteiger partial charge is 0.235 e. The zero-order chi connectivity index (χ0) is 13.0. The quantitative estimate of drug-likeness (QED) is 0.807. The van der Waals surface area contributed by atoms with Gasteiger partial charge in [0.1, 0.15) is 0 Å². The molecule has 96 valence electrons. The van der Waals surface area contributed by atoms with E-state index < -0.39 is 10.0 Å². The molecule has 0 spiro atoms. The van der Waals surface area contributed by atoms with Crippen molar-refractivity contribution in [1.82, 2.24) is 0 Å². The van der Waals surface area contributed by atoms with Crippen LogP contribution in [-0.2, 0) is 10.0 Å². The van der Waals surface area contributed by atoms with Crippen molar-refractivity contribution in [1.29, 1.82) is 0 Å². The van der Waals surface area contributed by atoms with Gasteiger partial charge in [-0.3, -0.25) is 4.72 Å². The van der Waals surface area contributed by atoms with Crippen molar-refractivity contribution >= 4 is 15.7 Å². The van der Waals surface area contributed by atoms with Gasteiger partial charge in [-0.2, -0.15) is 0 Å². The Balaban J connectivity index is 2.02. The number of hydrogen-bond donors (Lipinski definition) is 2. The summed E-state index contributed by atoms with van der Waals surface area (Å²) in [4.78, 5) is 0. The predicted molar refractivity (Wildman–Crippen MR) is 70.6 cm³/mol. The van der Waals surface area contributed by atoms with Crippen LogP contribution in [0, 0.1) is 11.8 Å². The number of nitrogens with one attached hydrogen (secondary N) is 1. The van der Waals surface area contributed by atoms with Gasteiger partial charge < -0.3 is 5.11 Å². The van der Waals surface area contributed by atoms with Gasteiger partial charge >= 0.3 is 0 Å². The highest BCUT2D eigenvalue weighted by Gasteiger charge is 2.35. The molecule has 1 aromatic carbocycles. The molecule has 0 saturated heterocycles. The molecule has 0 unspecified atom stereocenters. The molecule has 0 amide bonds. The summed E-state index contributed by atoms with van der Waals surface area (Å²) in [5.41, 5.74) is 1.37. The highest BCUT2D eigenvalue weighted by Crippen LogP contribution is 2.29. The van der Waals surface area contributed by atoms with E-state index in [2.05, 4.69) is 16.6 Å². The minimum Gasteiger partial charge on any atom is -0.395 e. The van der Waals surface area contributed by atoms with E-state index in [0.717, 1.165) is 18.4 Å². The van der Waals surface area contributed by atoms with Crippen LogP contribution in [0.4, 0.5) is 5.69 Å². The molecule has 0 atom stereocenters. The molecule has 0 heterocycles. The van der Waals surface area contributed by atoms with Crippen LogP contribution in [-0.4, -0.2) is 25.4 Å². The van der Waals surface area contributed by atoms with Crippen LogP contribution in [0.3, 0.4) is 0 Å². The van der Waals surface area contributed by atoms with Crippen molar-refractivity contribution in [2.75, 3.05) is 11.3 Å². The summed E-state index contributed by atoms with van der Waals surface area (Å²) in [5, 5.41) is 8.37. The first-order chi connectivity index (χ1) is 8.62. The summed E-state index contributed by atoms with van der Waals surface area (Å²) in [6.07, 6.45) is 1.94. The highest BCUT2D eigenvalue weighted by molar-refractivity contribution is 7.93. The molecule has 5 heteroatoms. The van der Waals surface area contributed by atoms with Gasteiger partial charge in [-0.05, 0) is 37.1 Å². The van der Waals surface area contributed by atoms with Crippen LogP contribution < -0.4 is 4.72 Å². The zero-order valence-electron chi connectivity index (χ0n) is 9.89. The van der Waals surface area contributed by atoms with Gasteiger partial charge in [-0.1, -0.05) is 11.8 Å². The number of sulfonamides is 1. The van der Waals surface area contributed by atoms with E-state index in [0.29, 0.717) is 12.1 Å². The van der Waals surface area contributed by atoms with E-state index in [-0.39, 0.29) is 11.9 Å². The first-order valence-corrected chi connectivity index (χ1v) is 7.38. The summed E-state index contributed by atoms with van der Waals surface area (Å²) in [6, 6.07) is 6.91. The Morgan fingerprint density at radius 2 is 1.94 bits per heavy atom. The van der Waals surface area contributed by atoms with Crippen LogP contribution >= 0.6 is 0 Å². The summed E-state index contributed by atoms with van der Waals surface area (Å²) in [6.45, 7) is 0.0479. The average Bonchev–Trinajstić information content (AvgIpc) is 3.15. The fraction of sp³-hybridized carbons (Fsp3) is 0.385. The standard InChI is InChI=1S/C13H15NO3S/c15-10-2-1-3-11-4-6-12(7-5-11)14-18(16,17)13-8-9-13/h4-7,13-15H,2,8-10H2. The maximum atomic E-state index is 11.7. The molecular formula is C13H15NO3S. The van der Waals surface area contributed by atoms with Gasteiger partial charge in [0.05, 0.1) is 11.9 Å². The normalized spacial score (nSPS) is 14.7. The lowest BCUT2D eigenvalue weighted by Crippen LogP contribution is -2.17. The van der Waals surface area contributed by atoms with Crippen LogP contribution in [0.25, 0.3) is 0 Å². The topological polar surface area (TPSA) is 66.4 Å². The fourth-order valence-electron chi connectivity index (χ4n) is 1.47. The summed E-state index contributed by atoms with van der Waals surface area (Å²) < 4.78 is 25.9. The van der Waals surface area contributed by atoms with E-state index in [9.17, 15) is 8.42 Å². The molecule has 1 aliphatic carbocycles. The molecule has 2 rings (SSSR count). The molecule has 0 bridgehead atoms. The molecule has 1 saturated carbocycles. The van der Waals surface area contributed by atoms with E-state index >= 15 is 0 Å². The first kappa shape index (κ1) is 12.9. The van der Waals surface area contributed by atoms with E-state index in [1.807, 2.05) is 0 Å². The van der Waals surface area contributed by atoms with Gasteiger partial charge in [0.2, 0.25) is 10.0 Å². The van der Waals surface area contributed by atoms with Crippen molar-refractivity contribution < 1.29 is 13.5 Å². The summed E-state index contributed by atoms with van der Waals surface area (Å²) >= 11 is 0. The zero-order valence-corrected chi connectivity index (χ0v) is 10.7. The Morgan fingerprint density at radius 3 is 2.50 bits per heavy atom. The van der Waals surface area contributed by atoms with Crippen LogP contribution in [0.2, 0.25) is 0 Å². The molecule has 1 aromatic rings. The Labute approximate surface area is 107 Å². The molecule has 18 heavy (non-hydrogen) atoms. The Hall–Kier alpha value is -1.51. The van der Waals surface area contributed by atoms with E-state index in [1.54, 1.807) is 24.3 Å². The predicted octanol–water partition coefficient (Wildman–Crippen LogP) is 1.32. The lowest BCUT2D eigenvalue weighted by Gasteiger charge is -2.06. The number of rotatable bonds is 4. The second-order valence-corrected chi connectivity index (χ2v) is 6.16. The largest absolute Gasteiger partial charge is 0.395 e. The third-order valence-corrected chi connectivity index (χ3v) is 4.45. The average molecular weight is 265 g/mol. The fourth-order valence-corrected chi connectivity index (χ4v) is 2.86. The SMILES string of the molecule is O=S(=O)(Nc1ccc(C#CCCO)cc1)C1CC1.